The molecule has 2 aromatic carbocycles. The number of carboxylic acids is 2. The highest BCUT2D eigenvalue weighted by Crippen LogP contribution is 2.38. The number of rotatable bonds is 12. The standard InChI is InChI=1S/C25H28Br2O6/c1-2-3-4-5-6-7-8-9-10-17(15-11-18(24(30)31)22(28)20(26)13-15)16-12-19(25(32)33)23(29)21(27)14-16/h10-14,28-29H,2-9H2,1H3,(H,30,31)(H,32,33). The van der Waals surface area contributed by atoms with Gasteiger partial charge < -0.3 is 20.4 Å². The molecular formula is C25H28Br2O6. The Morgan fingerprint density at radius 3 is 1.61 bits per heavy atom. The van der Waals surface area contributed by atoms with Crippen molar-refractivity contribution in [3.8, 4) is 11.5 Å². The summed E-state index contributed by atoms with van der Waals surface area (Å²) in [5.74, 6) is -3.31. The molecule has 2 rings (SSSR count). The summed E-state index contributed by atoms with van der Waals surface area (Å²) in [5, 5.41) is 39.2. The van der Waals surface area contributed by atoms with Crippen molar-refractivity contribution in [3.63, 3.8) is 0 Å². The highest BCUT2D eigenvalue weighted by atomic mass is 79.9. The molecule has 2 aromatic rings. The topological polar surface area (TPSA) is 115 Å². The molecule has 0 unspecified atom stereocenters. The van der Waals surface area contributed by atoms with Gasteiger partial charge in [0.2, 0.25) is 0 Å². The summed E-state index contributed by atoms with van der Waals surface area (Å²) in [6, 6.07) is 5.92. The van der Waals surface area contributed by atoms with Crippen LogP contribution in [0.5, 0.6) is 11.5 Å². The molecule has 0 radical (unpaired) electrons. The Balaban J connectivity index is 2.44. The average Bonchev–Trinajstić information content (AvgIpc) is 2.76. The van der Waals surface area contributed by atoms with Gasteiger partial charge in [0.1, 0.15) is 22.6 Å². The van der Waals surface area contributed by atoms with Crippen molar-refractivity contribution in [2.24, 2.45) is 0 Å². The first-order chi connectivity index (χ1) is 15.7. The fourth-order valence-electron chi connectivity index (χ4n) is 3.59. The van der Waals surface area contributed by atoms with Crippen LogP contribution in [0.25, 0.3) is 5.57 Å². The van der Waals surface area contributed by atoms with E-state index < -0.39 is 11.9 Å². The second-order valence-electron chi connectivity index (χ2n) is 7.85. The van der Waals surface area contributed by atoms with Crippen LogP contribution >= 0.6 is 31.9 Å². The minimum absolute atomic E-state index is 0.218. The van der Waals surface area contributed by atoms with E-state index in [-0.39, 0.29) is 31.6 Å². The normalized spacial score (nSPS) is 10.8. The fourth-order valence-corrected chi connectivity index (χ4v) is 4.51. The Morgan fingerprint density at radius 2 is 1.18 bits per heavy atom. The third-order valence-corrected chi connectivity index (χ3v) is 6.57. The van der Waals surface area contributed by atoms with E-state index in [2.05, 4.69) is 38.8 Å². The van der Waals surface area contributed by atoms with Gasteiger partial charge in [0.25, 0.3) is 0 Å². The van der Waals surface area contributed by atoms with E-state index in [0.29, 0.717) is 23.1 Å². The Kier molecular flexibility index (Phi) is 10.4. The van der Waals surface area contributed by atoms with E-state index in [9.17, 15) is 30.0 Å². The highest BCUT2D eigenvalue weighted by Gasteiger charge is 2.20. The van der Waals surface area contributed by atoms with Crippen molar-refractivity contribution in [2.45, 2.75) is 58.3 Å². The second kappa shape index (κ2) is 12.8. The SMILES string of the molecule is CCCCCCCCCC=C(c1cc(Br)c(O)c(C(=O)O)c1)c1cc(Br)c(O)c(C(=O)O)c1. The van der Waals surface area contributed by atoms with E-state index >= 15 is 0 Å². The number of benzene rings is 2. The van der Waals surface area contributed by atoms with Crippen LogP contribution in [0.3, 0.4) is 0 Å². The Labute approximate surface area is 210 Å². The summed E-state index contributed by atoms with van der Waals surface area (Å²) in [4.78, 5) is 23.2. The third-order valence-electron chi connectivity index (χ3n) is 5.37. The van der Waals surface area contributed by atoms with E-state index in [0.717, 1.165) is 19.3 Å². The first kappa shape index (κ1) is 26.9. The minimum Gasteiger partial charge on any atom is -0.506 e. The number of aromatic carboxylic acids is 2. The number of hydrogen-bond donors (Lipinski definition) is 4. The first-order valence-corrected chi connectivity index (χ1v) is 12.5. The van der Waals surface area contributed by atoms with Crippen molar-refractivity contribution in [2.75, 3.05) is 0 Å². The molecule has 8 heteroatoms. The van der Waals surface area contributed by atoms with Gasteiger partial charge in [-0.2, -0.15) is 0 Å². The number of allylic oxidation sites excluding steroid dienone is 1. The van der Waals surface area contributed by atoms with Crippen LogP contribution in [0.2, 0.25) is 0 Å². The van der Waals surface area contributed by atoms with Crippen LogP contribution in [0.1, 0.15) is 90.1 Å². The first-order valence-electron chi connectivity index (χ1n) is 10.9. The average molecular weight is 584 g/mol. The molecule has 178 valence electrons. The van der Waals surface area contributed by atoms with Gasteiger partial charge >= 0.3 is 11.9 Å². The summed E-state index contributed by atoms with van der Waals surface area (Å²) in [5.41, 5.74) is 1.10. The monoisotopic (exact) mass is 582 g/mol. The van der Waals surface area contributed by atoms with E-state index in [1.165, 1.54) is 37.8 Å². The molecular weight excluding hydrogens is 556 g/mol. The van der Waals surface area contributed by atoms with Gasteiger partial charge in [-0.1, -0.05) is 51.5 Å². The third kappa shape index (κ3) is 7.33. The number of halogens is 2. The number of unbranched alkanes of at least 4 members (excludes halogenated alkanes) is 7. The fraction of sp³-hybridized carbons (Fsp3) is 0.360. The summed E-state index contributed by atoms with van der Waals surface area (Å²) >= 11 is 6.42. The van der Waals surface area contributed by atoms with Crippen molar-refractivity contribution in [1.82, 2.24) is 0 Å². The summed E-state index contributed by atoms with van der Waals surface area (Å²) in [7, 11) is 0. The minimum atomic E-state index is -1.28. The van der Waals surface area contributed by atoms with Crippen molar-refractivity contribution >= 4 is 49.4 Å². The number of hydrogen-bond acceptors (Lipinski definition) is 4. The van der Waals surface area contributed by atoms with Crippen LogP contribution < -0.4 is 0 Å². The van der Waals surface area contributed by atoms with Gasteiger partial charge in [-0.3, -0.25) is 0 Å². The summed E-state index contributed by atoms with van der Waals surface area (Å²) < 4.78 is 0.436. The zero-order valence-corrected chi connectivity index (χ0v) is 21.6. The molecule has 0 spiro atoms. The van der Waals surface area contributed by atoms with Gasteiger partial charge in [-0.25, -0.2) is 9.59 Å². The predicted molar refractivity (Wildman–Crippen MR) is 135 cm³/mol. The number of carbonyl (C=O) groups is 2. The quantitative estimate of drug-likeness (QED) is 0.191. The van der Waals surface area contributed by atoms with Gasteiger partial charge in [0, 0.05) is 0 Å². The van der Waals surface area contributed by atoms with E-state index in [4.69, 9.17) is 0 Å². The molecule has 0 heterocycles. The second-order valence-corrected chi connectivity index (χ2v) is 9.56. The Hall–Kier alpha value is -2.32. The molecule has 0 bridgehead atoms. The van der Waals surface area contributed by atoms with Crippen molar-refractivity contribution in [3.05, 3.63) is 61.5 Å². The van der Waals surface area contributed by atoms with Gasteiger partial charge in [-0.15, -0.1) is 0 Å². The Morgan fingerprint density at radius 1 is 0.758 bits per heavy atom. The molecule has 0 aliphatic carbocycles. The largest absolute Gasteiger partial charge is 0.506 e. The molecule has 0 amide bonds. The molecule has 6 nitrogen and oxygen atoms in total. The smallest absolute Gasteiger partial charge is 0.339 e. The molecule has 0 saturated carbocycles. The lowest BCUT2D eigenvalue weighted by Crippen LogP contribution is -2.02. The molecule has 0 aromatic heterocycles. The van der Waals surface area contributed by atoms with Crippen LogP contribution in [0.4, 0.5) is 0 Å². The van der Waals surface area contributed by atoms with Gasteiger partial charge in [0.05, 0.1) is 8.95 Å². The molecule has 0 aliphatic rings. The van der Waals surface area contributed by atoms with Crippen molar-refractivity contribution < 1.29 is 30.0 Å². The number of aromatic hydroxyl groups is 2. The van der Waals surface area contributed by atoms with E-state index in [1.54, 1.807) is 12.1 Å². The predicted octanol–water partition coefficient (Wildman–Crippen LogP) is 7.59. The molecule has 33 heavy (non-hydrogen) atoms. The zero-order valence-electron chi connectivity index (χ0n) is 18.4. The van der Waals surface area contributed by atoms with Crippen LogP contribution in [-0.2, 0) is 0 Å². The van der Waals surface area contributed by atoms with Crippen molar-refractivity contribution in [1.29, 1.82) is 0 Å². The molecule has 0 saturated heterocycles. The summed E-state index contributed by atoms with van der Waals surface area (Å²) in [6.45, 7) is 2.18. The van der Waals surface area contributed by atoms with E-state index in [1.807, 2.05) is 6.08 Å². The van der Waals surface area contributed by atoms with Crippen LogP contribution in [0, 0.1) is 0 Å². The maximum Gasteiger partial charge on any atom is 0.339 e. The van der Waals surface area contributed by atoms with Crippen LogP contribution in [-0.4, -0.2) is 32.4 Å². The molecule has 4 N–H and O–H groups in total. The summed E-state index contributed by atoms with van der Waals surface area (Å²) in [6.07, 6.45) is 10.7. The van der Waals surface area contributed by atoms with Crippen LogP contribution in [0.15, 0.2) is 39.3 Å². The lowest BCUT2D eigenvalue weighted by atomic mass is 9.93. The lowest BCUT2D eigenvalue weighted by Gasteiger charge is -2.14. The van der Waals surface area contributed by atoms with Gasteiger partial charge in [0.15, 0.2) is 0 Å². The molecule has 0 atom stereocenters. The molecule has 0 fully saturated rings. The lowest BCUT2D eigenvalue weighted by molar-refractivity contribution is 0.0682. The maximum atomic E-state index is 11.6. The number of carboxylic acid groups (broad SMARTS) is 2. The maximum absolute atomic E-state index is 11.6. The number of phenols is 2. The zero-order chi connectivity index (χ0) is 24.5. The molecule has 0 aliphatic heterocycles. The highest BCUT2D eigenvalue weighted by molar-refractivity contribution is 9.10. The van der Waals surface area contributed by atoms with Gasteiger partial charge in [-0.05, 0) is 85.7 Å². The Bertz CT molecular complexity index is 974.